The molecule has 0 atom stereocenters. The van der Waals surface area contributed by atoms with E-state index in [2.05, 4.69) is 5.32 Å². The highest BCUT2D eigenvalue weighted by Crippen LogP contribution is 2.22. The molecule has 0 unspecified atom stereocenters. The Hall–Kier alpha value is -1.75. The van der Waals surface area contributed by atoms with E-state index in [1.807, 2.05) is 0 Å². The molecule has 3 N–H and O–H groups in total. The van der Waals surface area contributed by atoms with Crippen LogP contribution in [-0.2, 0) is 4.79 Å². The van der Waals surface area contributed by atoms with Gasteiger partial charge in [0.2, 0.25) is 0 Å². The van der Waals surface area contributed by atoms with E-state index < -0.39 is 17.3 Å². The van der Waals surface area contributed by atoms with Gasteiger partial charge in [-0.25, -0.2) is 0 Å². The Balaban J connectivity index is 2.70. The van der Waals surface area contributed by atoms with E-state index >= 15 is 0 Å². The van der Waals surface area contributed by atoms with Gasteiger partial charge in [-0.15, -0.1) is 0 Å². The number of rotatable bonds is 5. The van der Waals surface area contributed by atoms with Crippen molar-refractivity contribution in [2.45, 2.75) is 20.3 Å². The summed E-state index contributed by atoms with van der Waals surface area (Å²) in [5, 5.41) is 21.2. The first-order valence-electron chi connectivity index (χ1n) is 5.70. The van der Waals surface area contributed by atoms with Gasteiger partial charge in [0.05, 0.1) is 12.0 Å². The van der Waals surface area contributed by atoms with E-state index in [9.17, 15) is 14.7 Å². The number of hydrogen-bond donors (Lipinski definition) is 3. The SMILES string of the molecule is CC(C)(CNC(=O)c1cc(Cl)ccc1O)CC(=O)O. The molecule has 0 saturated heterocycles. The van der Waals surface area contributed by atoms with Crippen molar-refractivity contribution in [3.63, 3.8) is 0 Å². The molecular weight excluding hydrogens is 270 g/mol. The molecule has 0 saturated carbocycles. The van der Waals surface area contributed by atoms with Gasteiger partial charge in [-0.2, -0.15) is 0 Å². The predicted molar refractivity (Wildman–Crippen MR) is 71.5 cm³/mol. The van der Waals surface area contributed by atoms with Gasteiger partial charge in [-0.3, -0.25) is 9.59 Å². The van der Waals surface area contributed by atoms with E-state index in [0.717, 1.165) is 0 Å². The second-order valence-electron chi connectivity index (χ2n) is 5.08. The van der Waals surface area contributed by atoms with Crippen molar-refractivity contribution in [1.82, 2.24) is 5.32 Å². The third kappa shape index (κ3) is 4.79. The lowest BCUT2D eigenvalue weighted by atomic mass is 9.89. The van der Waals surface area contributed by atoms with Crippen molar-refractivity contribution in [2.75, 3.05) is 6.54 Å². The van der Waals surface area contributed by atoms with Crippen LogP contribution in [0.15, 0.2) is 18.2 Å². The number of amides is 1. The molecule has 1 amide bonds. The highest BCUT2D eigenvalue weighted by Gasteiger charge is 2.23. The summed E-state index contributed by atoms with van der Waals surface area (Å²) in [5.41, 5.74) is -0.506. The van der Waals surface area contributed by atoms with Crippen molar-refractivity contribution in [1.29, 1.82) is 0 Å². The maximum Gasteiger partial charge on any atom is 0.303 e. The number of carboxylic acids is 1. The summed E-state index contributed by atoms with van der Waals surface area (Å²) < 4.78 is 0. The van der Waals surface area contributed by atoms with Crippen LogP contribution in [0.3, 0.4) is 0 Å². The smallest absolute Gasteiger partial charge is 0.303 e. The zero-order chi connectivity index (χ0) is 14.6. The van der Waals surface area contributed by atoms with Gasteiger partial charge in [0.1, 0.15) is 5.75 Å². The Kier molecular flexibility index (Phi) is 4.78. The zero-order valence-electron chi connectivity index (χ0n) is 10.7. The molecule has 5 nitrogen and oxygen atoms in total. The summed E-state index contributed by atoms with van der Waals surface area (Å²) in [6.45, 7) is 3.66. The number of aliphatic carboxylic acids is 1. The van der Waals surface area contributed by atoms with Crippen molar-refractivity contribution in [3.8, 4) is 5.75 Å². The molecular formula is C13H16ClNO4. The molecule has 0 radical (unpaired) electrons. The average Bonchev–Trinajstić information content (AvgIpc) is 2.27. The topological polar surface area (TPSA) is 86.6 Å². The van der Waals surface area contributed by atoms with Crippen LogP contribution in [0, 0.1) is 5.41 Å². The normalized spacial score (nSPS) is 11.1. The maximum atomic E-state index is 11.9. The first kappa shape index (κ1) is 15.3. The van der Waals surface area contributed by atoms with Crippen LogP contribution in [0.5, 0.6) is 5.75 Å². The summed E-state index contributed by atoms with van der Waals surface area (Å²) >= 11 is 5.75. The molecule has 0 aliphatic rings. The summed E-state index contributed by atoms with van der Waals surface area (Å²) in [4.78, 5) is 22.5. The Labute approximate surface area is 116 Å². The molecule has 104 valence electrons. The van der Waals surface area contributed by atoms with Crippen molar-refractivity contribution < 1.29 is 19.8 Å². The van der Waals surface area contributed by atoms with Gasteiger partial charge < -0.3 is 15.5 Å². The monoisotopic (exact) mass is 285 g/mol. The minimum Gasteiger partial charge on any atom is -0.507 e. The fourth-order valence-electron chi connectivity index (χ4n) is 1.58. The Morgan fingerprint density at radius 1 is 1.37 bits per heavy atom. The minimum atomic E-state index is -0.926. The number of nitrogens with one attached hydrogen (secondary N) is 1. The van der Waals surface area contributed by atoms with Crippen LogP contribution in [0.4, 0.5) is 0 Å². The maximum absolute atomic E-state index is 11.9. The lowest BCUT2D eigenvalue weighted by Gasteiger charge is -2.22. The molecule has 0 spiro atoms. The second kappa shape index (κ2) is 5.93. The predicted octanol–water partition coefficient (Wildman–Crippen LogP) is 2.28. The summed E-state index contributed by atoms with van der Waals surface area (Å²) in [6, 6.07) is 4.16. The van der Waals surface area contributed by atoms with Crippen molar-refractivity contribution >= 4 is 23.5 Å². The molecule has 0 fully saturated rings. The van der Waals surface area contributed by atoms with Gasteiger partial charge in [-0.1, -0.05) is 25.4 Å². The van der Waals surface area contributed by atoms with Crippen LogP contribution in [0.25, 0.3) is 0 Å². The molecule has 0 aliphatic heterocycles. The van der Waals surface area contributed by atoms with Gasteiger partial charge >= 0.3 is 5.97 Å². The number of carbonyl (C=O) groups is 2. The third-order valence-corrected chi connectivity index (χ3v) is 2.80. The molecule has 0 heterocycles. The molecule has 0 bridgehead atoms. The van der Waals surface area contributed by atoms with E-state index in [1.54, 1.807) is 13.8 Å². The highest BCUT2D eigenvalue weighted by molar-refractivity contribution is 6.31. The fourth-order valence-corrected chi connectivity index (χ4v) is 1.75. The Bertz CT molecular complexity index is 499. The van der Waals surface area contributed by atoms with Gasteiger partial charge in [0.15, 0.2) is 0 Å². The first-order valence-corrected chi connectivity index (χ1v) is 6.07. The average molecular weight is 286 g/mol. The second-order valence-corrected chi connectivity index (χ2v) is 5.52. The molecule has 0 aliphatic carbocycles. The van der Waals surface area contributed by atoms with Gasteiger partial charge in [-0.05, 0) is 23.6 Å². The zero-order valence-corrected chi connectivity index (χ0v) is 11.5. The van der Waals surface area contributed by atoms with Crippen molar-refractivity contribution in [2.24, 2.45) is 5.41 Å². The number of halogens is 1. The van der Waals surface area contributed by atoms with E-state index in [-0.39, 0.29) is 24.3 Å². The number of hydrogen-bond acceptors (Lipinski definition) is 3. The van der Waals surface area contributed by atoms with Crippen LogP contribution in [0.1, 0.15) is 30.6 Å². The van der Waals surface area contributed by atoms with Gasteiger partial charge in [0, 0.05) is 11.6 Å². The van der Waals surface area contributed by atoms with E-state index in [4.69, 9.17) is 16.7 Å². The lowest BCUT2D eigenvalue weighted by molar-refractivity contribution is -0.139. The molecule has 0 aromatic heterocycles. The summed E-state index contributed by atoms with van der Waals surface area (Å²) in [5.74, 6) is -1.58. The van der Waals surface area contributed by atoms with Crippen molar-refractivity contribution in [3.05, 3.63) is 28.8 Å². The third-order valence-electron chi connectivity index (χ3n) is 2.56. The van der Waals surface area contributed by atoms with Crippen LogP contribution < -0.4 is 5.32 Å². The molecule has 6 heteroatoms. The minimum absolute atomic E-state index is 0.0607. The number of aromatic hydroxyl groups is 1. The molecule has 19 heavy (non-hydrogen) atoms. The van der Waals surface area contributed by atoms with E-state index in [1.165, 1.54) is 18.2 Å². The van der Waals surface area contributed by atoms with Crippen LogP contribution in [0.2, 0.25) is 5.02 Å². The number of carbonyl (C=O) groups excluding carboxylic acids is 1. The largest absolute Gasteiger partial charge is 0.507 e. The first-order chi connectivity index (χ1) is 8.71. The number of phenols is 1. The van der Waals surface area contributed by atoms with Crippen LogP contribution in [-0.4, -0.2) is 28.6 Å². The quantitative estimate of drug-likeness (QED) is 0.774. The summed E-state index contributed by atoms with van der Waals surface area (Å²) in [6.07, 6.45) is -0.0607. The number of carboxylic acid groups (broad SMARTS) is 1. The Morgan fingerprint density at radius 3 is 2.58 bits per heavy atom. The number of benzene rings is 1. The summed E-state index contributed by atoms with van der Waals surface area (Å²) in [7, 11) is 0. The van der Waals surface area contributed by atoms with Crippen LogP contribution >= 0.6 is 11.6 Å². The molecule has 1 rings (SSSR count). The Morgan fingerprint density at radius 2 is 2.00 bits per heavy atom. The molecule has 1 aromatic carbocycles. The highest BCUT2D eigenvalue weighted by atomic mass is 35.5. The van der Waals surface area contributed by atoms with E-state index in [0.29, 0.717) is 5.02 Å². The number of phenolic OH excluding ortho intramolecular Hbond substituents is 1. The molecule has 1 aromatic rings. The van der Waals surface area contributed by atoms with Gasteiger partial charge in [0.25, 0.3) is 5.91 Å². The standard InChI is InChI=1S/C13H16ClNO4/c1-13(2,6-11(17)18)7-15-12(19)9-5-8(14)3-4-10(9)16/h3-5,16H,6-7H2,1-2H3,(H,15,19)(H,17,18). The fraction of sp³-hybridized carbons (Fsp3) is 0.385. The lowest BCUT2D eigenvalue weighted by Crippen LogP contribution is -2.35.